The minimum absolute atomic E-state index is 1.62. The molecule has 1 rings (SSSR count). The summed E-state index contributed by atoms with van der Waals surface area (Å²) < 4.78 is 36.6. The molecule has 1 aromatic heterocycles. The third-order valence-corrected chi connectivity index (χ3v) is 0.406. The Labute approximate surface area is 56.4 Å². The average molecular weight is 170 g/mol. The van der Waals surface area contributed by atoms with Crippen molar-refractivity contribution in [3.63, 3.8) is 0 Å². The zero-order chi connectivity index (χ0) is 8.04. The number of hydrogen-bond acceptors (Lipinski definition) is 3. The van der Waals surface area contributed by atoms with E-state index >= 15 is 0 Å². The number of rotatable bonds is 0. The third kappa shape index (κ3) is 15.7. The fourth-order valence-corrected chi connectivity index (χ4v) is 0.215. The molecule has 4 nitrogen and oxygen atoms in total. The quantitative estimate of drug-likeness (QED) is 0.579. The van der Waals surface area contributed by atoms with E-state index in [-0.39, 0.29) is 0 Å². The standard InChI is InChI=1S/C3H4N2.F2O2S/c1-2-5-3-4-1;1-5(2,3)4/h1-3H,(H,4,5);. The molecule has 0 radical (unpaired) electrons. The Morgan fingerprint density at radius 2 is 1.90 bits per heavy atom. The Kier molecular flexibility index (Phi) is 3.55. The van der Waals surface area contributed by atoms with Crippen LogP contribution in [-0.2, 0) is 10.6 Å². The van der Waals surface area contributed by atoms with Crippen LogP contribution in [0.15, 0.2) is 18.7 Å². The van der Waals surface area contributed by atoms with Gasteiger partial charge in [0.25, 0.3) is 0 Å². The van der Waals surface area contributed by atoms with Crippen molar-refractivity contribution in [3.8, 4) is 0 Å². The summed E-state index contributed by atoms with van der Waals surface area (Å²) in [5.41, 5.74) is 0. The zero-order valence-electron chi connectivity index (χ0n) is 4.66. The van der Waals surface area contributed by atoms with Crippen LogP contribution in [-0.4, -0.2) is 18.4 Å². The predicted octanol–water partition coefficient (Wildman–Crippen LogP) is 0.580. The smallest absolute Gasteiger partial charge is 0.351 e. The molecule has 58 valence electrons. The van der Waals surface area contributed by atoms with E-state index in [1.165, 1.54) is 0 Å². The molecule has 0 amide bonds. The molecule has 0 saturated heterocycles. The van der Waals surface area contributed by atoms with E-state index in [2.05, 4.69) is 9.97 Å². The third-order valence-electron chi connectivity index (χ3n) is 0.406. The van der Waals surface area contributed by atoms with Crippen molar-refractivity contribution in [2.45, 2.75) is 0 Å². The maximum atomic E-state index is 9.99. The highest BCUT2D eigenvalue weighted by atomic mass is 32.3. The van der Waals surface area contributed by atoms with Gasteiger partial charge in [-0.3, -0.25) is 0 Å². The molecular formula is C3H4F2N2O2S. The lowest BCUT2D eigenvalue weighted by atomic mass is 11.0. The zero-order valence-corrected chi connectivity index (χ0v) is 5.48. The first-order valence-corrected chi connectivity index (χ1v) is 3.35. The first kappa shape index (κ1) is 9.02. The fraction of sp³-hybridized carbons (Fsp3) is 0. The molecule has 0 bridgehead atoms. The molecule has 0 aromatic carbocycles. The second-order valence-electron chi connectivity index (χ2n) is 1.14. The summed E-state index contributed by atoms with van der Waals surface area (Å²) in [6.45, 7) is 0. The van der Waals surface area contributed by atoms with Crippen molar-refractivity contribution in [1.82, 2.24) is 9.97 Å². The molecular weight excluding hydrogens is 166 g/mol. The Hall–Kier alpha value is -0.980. The van der Waals surface area contributed by atoms with Crippen molar-refractivity contribution in [1.29, 1.82) is 0 Å². The molecule has 0 unspecified atom stereocenters. The molecule has 0 spiro atoms. The number of H-pyrrole nitrogens is 1. The molecule has 7 heteroatoms. The number of hydrogen-bond donors (Lipinski definition) is 1. The van der Waals surface area contributed by atoms with E-state index in [0.29, 0.717) is 0 Å². The molecule has 1 N–H and O–H groups in total. The highest BCUT2D eigenvalue weighted by Crippen LogP contribution is 1.85. The van der Waals surface area contributed by atoms with Crippen LogP contribution >= 0.6 is 0 Å². The van der Waals surface area contributed by atoms with Gasteiger partial charge in [-0.1, -0.05) is 7.77 Å². The van der Waals surface area contributed by atoms with Crippen LogP contribution in [0.4, 0.5) is 7.77 Å². The number of nitrogens with one attached hydrogen (secondary N) is 1. The maximum Gasteiger partial charge on any atom is 0.476 e. The van der Waals surface area contributed by atoms with Gasteiger partial charge in [0.2, 0.25) is 0 Å². The lowest BCUT2D eigenvalue weighted by Gasteiger charge is -1.57. The van der Waals surface area contributed by atoms with Crippen molar-refractivity contribution in [2.24, 2.45) is 0 Å². The SMILES string of the molecule is O=S(=O)(F)F.c1c[nH]cn1. The molecule has 1 heterocycles. The normalized spacial score (nSPS) is 9.80. The van der Waals surface area contributed by atoms with E-state index in [4.69, 9.17) is 8.42 Å². The summed E-state index contributed by atoms with van der Waals surface area (Å²) in [5.74, 6) is 0. The van der Waals surface area contributed by atoms with Crippen LogP contribution in [0.25, 0.3) is 0 Å². The van der Waals surface area contributed by atoms with Crippen LogP contribution < -0.4 is 0 Å². The Bertz CT molecular complexity index is 218. The first-order valence-electron chi connectivity index (χ1n) is 2.07. The van der Waals surface area contributed by atoms with Crippen molar-refractivity contribution < 1.29 is 16.2 Å². The van der Waals surface area contributed by atoms with Crippen LogP contribution in [0.1, 0.15) is 0 Å². The number of aromatic nitrogens is 2. The van der Waals surface area contributed by atoms with Gasteiger partial charge in [-0.2, -0.15) is 8.42 Å². The summed E-state index contributed by atoms with van der Waals surface area (Å²) in [7, 11) is -5.67. The van der Waals surface area contributed by atoms with Gasteiger partial charge in [0, 0.05) is 12.4 Å². The molecule has 0 saturated carbocycles. The van der Waals surface area contributed by atoms with Crippen LogP contribution in [0, 0.1) is 0 Å². The predicted molar refractivity (Wildman–Crippen MR) is 29.7 cm³/mol. The largest absolute Gasteiger partial charge is 0.476 e. The van der Waals surface area contributed by atoms with E-state index in [1.807, 2.05) is 0 Å². The van der Waals surface area contributed by atoms with Gasteiger partial charge in [-0.05, 0) is 0 Å². The van der Waals surface area contributed by atoms with Gasteiger partial charge < -0.3 is 4.98 Å². The highest BCUT2D eigenvalue weighted by molar-refractivity contribution is 7.81. The number of imidazole rings is 1. The lowest BCUT2D eigenvalue weighted by Crippen LogP contribution is -1.69. The Morgan fingerprint density at radius 1 is 1.40 bits per heavy atom. The maximum absolute atomic E-state index is 9.99. The molecule has 0 fully saturated rings. The lowest BCUT2D eigenvalue weighted by molar-refractivity contribution is 0.501. The Morgan fingerprint density at radius 3 is 2.00 bits per heavy atom. The first-order chi connectivity index (χ1) is 4.50. The van der Waals surface area contributed by atoms with E-state index in [0.717, 1.165) is 0 Å². The van der Waals surface area contributed by atoms with E-state index < -0.39 is 10.6 Å². The highest BCUT2D eigenvalue weighted by Gasteiger charge is 1.94. The summed E-state index contributed by atoms with van der Waals surface area (Å²) in [4.78, 5) is 6.42. The molecule has 0 atom stereocenters. The number of halogens is 2. The topological polar surface area (TPSA) is 62.8 Å². The minimum atomic E-state index is -5.67. The van der Waals surface area contributed by atoms with Crippen LogP contribution in [0.3, 0.4) is 0 Å². The summed E-state index contributed by atoms with van der Waals surface area (Å²) in [6.07, 6.45) is 5.08. The molecule has 10 heavy (non-hydrogen) atoms. The fourth-order valence-electron chi connectivity index (χ4n) is 0.215. The number of aromatic amines is 1. The van der Waals surface area contributed by atoms with Crippen molar-refractivity contribution >= 4 is 10.6 Å². The van der Waals surface area contributed by atoms with Crippen molar-refractivity contribution in [2.75, 3.05) is 0 Å². The minimum Gasteiger partial charge on any atom is -0.351 e. The number of nitrogens with zero attached hydrogens (tertiary/aromatic N) is 1. The van der Waals surface area contributed by atoms with E-state index in [9.17, 15) is 7.77 Å². The summed E-state index contributed by atoms with van der Waals surface area (Å²) >= 11 is 0. The van der Waals surface area contributed by atoms with Crippen LogP contribution in [0.5, 0.6) is 0 Å². The second-order valence-corrected chi connectivity index (χ2v) is 1.90. The van der Waals surface area contributed by atoms with Gasteiger partial charge >= 0.3 is 10.6 Å². The van der Waals surface area contributed by atoms with Gasteiger partial charge in [0.05, 0.1) is 6.33 Å². The molecule has 0 aliphatic rings. The van der Waals surface area contributed by atoms with Crippen molar-refractivity contribution in [3.05, 3.63) is 18.7 Å². The Balaban J connectivity index is 0.000000162. The van der Waals surface area contributed by atoms with Crippen LogP contribution in [0.2, 0.25) is 0 Å². The van der Waals surface area contributed by atoms with E-state index in [1.54, 1.807) is 18.7 Å². The molecule has 1 aromatic rings. The molecule has 0 aliphatic carbocycles. The molecule has 0 aliphatic heterocycles. The monoisotopic (exact) mass is 170 g/mol. The average Bonchev–Trinajstić information content (AvgIpc) is 2.07. The van der Waals surface area contributed by atoms with Gasteiger partial charge in [0.15, 0.2) is 0 Å². The summed E-state index contributed by atoms with van der Waals surface area (Å²) in [6, 6.07) is 0. The van der Waals surface area contributed by atoms with Gasteiger partial charge in [-0.25, -0.2) is 4.98 Å². The summed E-state index contributed by atoms with van der Waals surface area (Å²) in [5, 5.41) is 0. The second kappa shape index (κ2) is 3.94. The van der Waals surface area contributed by atoms with Gasteiger partial charge in [-0.15, -0.1) is 0 Å². The van der Waals surface area contributed by atoms with Gasteiger partial charge in [0.1, 0.15) is 0 Å².